The molecular formula is C10H9N3O. The Hall–Kier alpha value is -1.97. The van der Waals surface area contributed by atoms with Crippen LogP contribution < -0.4 is 0 Å². The second-order valence-corrected chi connectivity index (χ2v) is 3.00. The summed E-state index contributed by atoms with van der Waals surface area (Å²) >= 11 is 0. The van der Waals surface area contributed by atoms with Gasteiger partial charge in [-0.3, -0.25) is 0 Å². The Bertz CT molecular complexity index is 423. The van der Waals surface area contributed by atoms with Crippen molar-refractivity contribution in [2.24, 2.45) is 5.18 Å². The molecule has 1 aromatic carbocycles. The standard InChI is InChI=1S/C10H9N3O/c14-12-10-3-1-2-9(6-10)7-13-5-4-11-8-13/h1-6,8H,7H2. The van der Waals surface area contributed by atoms with Gasteiger partial charge in [-0.05, 0) is 22.9 Å². The van der Waals surface area contributed by atoms with Crippen molar-refractivity contribution in [3.8, 4) is 0 Å². The van der Waals surface area contributed by atoms with Gasteiger partial charge >= 0.3 is 0 Å². The summed E-state index contributed by atoms with van der Waals surface area (Å²) in [7, 11) is 0. The van der Waals surface area contributed by atoms with Crippen LogP contribution in [0.4, 0.5) is 5.69 Å². The van der Waals surface area contributed by atoms with Crippen LogP contribution in [0.1, 0.15) is 5.56 Å². The number of hydrogen-bond acceptors (Lipinski definition) is 3. The molecule has 2 rings (SSSR count). The van der Waals surface area contributed by atoms with E-state index in [0.717, 1.165) is 5.56 Å². The molecule has 0 aliphatic carbocycles. The Morgan fingerprint density at radius 1 is 1.43 bits per heavy atom. The zero-order valence-corrected chi connectivity index (χ0v) is 7.50. The Labute approximate surface area is 81.2 Å². The first kappa shape index (κ1) is 8.62. The summed E-state index contributed by atoms with van der Waals surface area (Å²) in [5, 5.41) is 2.89. The molecule has 14 heavy (non-hydrogen) atoms. The zero-order chi connectivity index (χ0) is 9.80. The van der Waals surface area contributed by atoms with Crippen LogP contribution in [0.25, 0.3) is 0 Å². The van der Waals surface area contributed by atoms with Crippen molar-refractivity contribution in [1.29, 1.82) is 0 Å². The van der Waals surface area contributed by atoms with E-state index in [1.807, 2.05) is 22.9 Å². The molecule has 1 heterocycles. The van der Waals surface area contributed by atoms with Crippen molar-refractivity contribution in [1.82, 2.24) is 9.55 Å². The van der Waals surface area contributed by atoms with Crippen LogP contribution in [0.15, 0.2) is 48.2 Å². The fraction of sp³-hybridized carbons (Fsp3) is 0.100. The monoisotopic (exact) mass is 187 g/mol. The third kappa shape index (κ3) is 1.85. The molecule has 0 spiro atoms. The van der Waals surface area contributed by atoms with Crippen LogP contribution in [0.5, 0.6) is 0 Å². The minimum absolute atomic E-state index is 0.461. The second kappa shape index (κ2) is 3.83. The molecule has 4 nitrogen and oxygen atoms in total. The van der Waals surface area contributed by atoms with Gasteiger partial charge in [-0.15, -0.1) is 4.91 Å². The summed E-state index contributed by atoms with van der Waals surface area (Å²) in [5.41, 5.74) is 1.50. The number of benzene rings is 1. The number of nitroso groups, excluding NO2 is 1. The Kier molecular flexibility index (Phi) is 2.36. The molecule has 0 amide bonds. The first-order valence-corrected chi connectivity index (χ1v) is 4.26. The lowest BCUT2D eigenvalue weighted by Crippen LogP contribution is -1.95. The molecule has 1 aromatic heterocycles. The summed E-state index contributed by atoms with van der Waals surface area (Å²) in [6.07, 6.45) is 5.34. The molecule has 0 radical (unpaired) electrons. The Balaban J connectivity index is 2.21. The van der Waals surface area contributed by atoms with Gasteiger partial charge in [-0.1, -0.05) is 12.1 Å². The molecule has 70 valence electrons. The van der Waals surface area contributed by atoms with E-state index in [1.165, 1.54) is 0 Å². The number of nitrogens with zero attached hydrogens (tertiary/aromatic N) is 3. The van der Waals surface area contributed by atoms with Crippen LogP contribution in [-0.4, -0.2) is 9.55 Å². The van der Waals surface area contributed by atoms with E-state index < -0.39 is 0 Å². The van der Waals surface area contributed by atoms with Crippen molar-refractivity contribution in [2.75, 3.05) is 0 Å². The lowest BCUT2D eigenvalue weighted by molar-refractivity contribution is 0.797. The fourth-order valence-corrected chi connectivity index (χ4v) is 1.30. The van der Waals surface area contributed by atoms with Gasteiger partial charge in [0.1, 0.15) is 5.69 Å². The predicted octanol–water partition coefficient (Wildman–Crippen LogP) is 2.33. The molecule has 0 aliphatic heterocycles. The van der Waals surface area contributed by atoms with E-state index in [9.17, 15) is 4.91 Å². The summed E-state index contributed by atoms with van der Waals surface area (Å²) in [6.45, 7) is 0.712. The average Bonchev–Trinajstić information content (AvgIpc) is 2.71. The third-order valence-electron chi connectivity index (χ3n) is 1.94. The van der Waals surface area contributed by atoms with Crippen LogP contribution in [0.3, 0.4) is 0 Å². The van der Waals surface area contributed by atoms with Gasteiger partial charge in [0.25, 0.3) is 0 Å². The lowest BCUT2D eigenvalue weighted by atomic mass is 10.2. The summed E-state index contributed by atoms with van der Waals surface area (Å²) < 4.78 is 1.93. The first-order valence-electron chi connectivity index (χ1n) is 4.26. The minimum atomic E-state index is 0.461. The molecule has 0 fully saturated rings. The van der Waals surface area contributed by atoms with Crippen LogP contribution in [-0.2, 0) is 6.54 Å². The lowest BCUT2D eigenvalue weighted by Gasteiger charge is -2.01. The van der Waals surface area contributed by atoms with Crippen molar-refractivity contribution >= 4 is 5.69 Å². The van der Waals surface area contributed by atoms with Crippen molar-refractivity contribution in [2.45, 2.75) is 6.54 Å². The molecule has 0 aliphatic rings. The molecule has 0 unspecified atom stereocenters. The van der Waals surface area contributed by atoms with Crippen LogP contribution in [0.2, 0.25) is 0 Å². The minimum Gasteiger partial charge on any atom is -0.333 e. The highest BCUT2D eigenvalue weighted by atomic mass is 16.3. The van der Waals surface area contributed by atoms with E-state index in [-0.39, 0.29) is 0 Å². The summed E-state index contributed by atoms with van der Waals surface area (Å²) in [5.74, 6) is 0. The van der Waals surface area contributed by atoms with E-state index in [0.29, 0.717) is 12.2 Å². The molecule has 0 N–H and O–H groups in total. The van der Waals surface area contributed by atoms with Crippen molar-refractivity contribution in [3.05, 3.63) is 53.5 Å². The second-order valence-electron chi connectivity index (χ2n) is 3.00. The van der Waals surface area contributed by atoms with Gasteiger partial charge in [0, 0.05) is 18.9 Å². The molecular weight excluding hydrogens is 178 g/mol. The largest absolute Gasteiger partial charge is 0.333 e. The highest BCUT2D eigenvalue weighted by molar-refractivity contribution is 5.39. The highest BCUT2D eigenvalue weighted by Gasteiger charge is 1.96. The van der Waals surface area contributed by atoms with Crippen LogP contribution in [0, 0.1) is 4.91 Å². The molecule has 0 saturated carbocycles. The van der Waals surface area contributed by atoms with E-state index in [2.05, 4.69) is 10.2 Å². The van der Waals surface area contributed by atoms with E-state index in [4.69, 9.17) is 0 Å². The van der Waals surface area contributed by atoms with Gasteiger partial charge in [0.2, 0.25) is 0 Å². The molecule has 0 atom stereocenters. The van der Waals surface area contributed by atoms with E-state index in [1.54, 1.807) is 24.7 Å². The fourth-order valence-electron chi connectivity index (χ4n) is 1.30. The quantitative estimate of drug-likeness (QED) is 0.692. The van der Waals surface area contributed by atoms with Crippen LogP contribution >= 0.6 is 0 Å². The maximum atomic E-state index is 10.3. The maximum Gasteiger partial charge on any atom is 0.108 e. The van der Waals surface area contributed by atoms with E-state index >= 15 is 0 Å². The van der Waals surface area contributed by atoms with Gasteiger partial charge < -0.3 is 4.57 Å². The van der Waals surface area contributed by atoms with Gasteiger partial charge in [-0.25, -0.2) is 4.98 Å². The van der Waals surface area contributed by atoms with Gasteiger partial charge in [0.15, 0.2) is 0 Å². The topological polar surface area (TPSA) is 47.2 Å². The number of aromatic nitrogens is 2. The number of hydrogen-bond donors (Lipinski definition) is 0. The molecule has 0 bridgehead atoms. The summed E-state index contributed by atoms with van der Waals surface area (Å²) in [6, 6.07) is 7.23. The SMILES string of the molecule is O=Nc1cccc(Cn2ccnc2)c1. The molecule has 0 saturated heterocycles. The first-order chi connectivity index (χ1) is 6.88. The maximum absolute atomic E-state index is 10.3. The van der Waals surface area contributed by atoms with Gasteiger partial charge in [0.05, 0.1) is 6.33 Å². The Morgan fingerprint density at radius 3 is 3.07 bits per heavy atom. The third-order valence-corrected chi connectivity index (χ3v) is 1.94. The smallest absolute Gasteiger partial charge is 0.108 e. The predicted molar refractivity (Wildman–Crippen MR) is 53.2 cm³/mol. The average molecular weight is 187 g/mol. The normalized spacial score (nSPS) is 10.0. The van der Waals surface area contributed by atoms with Crippen molar-refractivity contribution in [3.63, 3.8) is 0 Å². The van der Waals surface area contributed by atoms with Gasteiger partial charge in [-0.2, -0.15) is 0 Å². The summed E-state index contributed by atoms with van der Waals surface area (Å²) in [4.78, 5) is 14.2. The molecule has 2 aromatic rings. The number of rotatable bonds is 3. The number of imidazole rings is 1. The molecule has 4 heteroatoms. The van der Waals surface area contributed by atoms with Crippen molar-refractivity contribution < 1.29 is 0 Å². The highest BCUT2D eigenvalue weighted by Crippen LogP contribution is 2.14. The zero-order valence-electron chi connectivity index (χ0n) is 7.50. The Morgan fingerprint density at radius 2 is 2.36 bits per heavy atom.